The van der Waals surface area contributed by atoms with Gasteiger partial charge in [0, 0.05) is 6.07 Å². The Labute approximate surface area is 113 Å². The highest BCUT2D eigenvalue weighted by Gasteiger charge is 2.10. The number of hydrogen-bond acceptors (Lipinski definition) is 4. The van der Waals surface area contributed by atoms with Crippen LogP contribution in [0.25, 0.3) is 10.2 Å². The first-order valence-electron chi connectivity index (χ1n) is 5.72. The first-order valence-corrected chi connectivity index (χ1v) is 6.54. The highest BCUT2D eigenvalue weighted by Crippen LogP contribution is 2.34. The van der Waals surface area contributed by atoms with Gasteiger partial charge in [-0.3, -0.25) is 0 Å². The third kappa shape index (κ3) is 2.24. The summed E-state index contributed by atoms with van der Waals surface area (Å²) < 4.78 is 20.1. The Balaban J connectivity index is 2.05. The Kier molecular flexibility index (Phi) is 2.83. The van der Waals surface area contributed by atoms with E-state index in [9.17, 15) is 4.39 Å². The Bertz CT molecular complexity index is 754. The summed E-state index contributed by atoms with van der Waals surface area (Å²) in [5, 5.41) is 0.956. The van der Waals surface area contributed by atoms with E-state index in [0.717, 1.165) is 15.2 Å². The van der Waals surface area contributed by atoms with Crippen molar-refractivity contribution in [1.82, 2.24) is 4.98 Å². The minimum Gasteiger partial charge on any atom is -0.452 e. The molecule has 1 aromatic heterocycles. The largest absolute Gasteiger partial charge is 0.452 e. The standard InChI is InChI=1S/C14H11FN2OS/c1-8-17-11-7-13(10(16)6-14(11)19-8)18-12-5-3-2-4-9(12)15/h2-7H,16H2,1H3. The van der Waals surface area contributed by atoms with Gasteiger partial charge in [0.2, 0.25) is 0 Å². The molecule has 3 nitrogen and oxygen atoms in total. The second-order valence-corrected chi connectivity index (χ2v) is 5.36. The van der Waals surface area contributed by atoms with Crippen molar-refractivity contribution in [3.8, 4) is 11.5 Å². The van der Waals surface area contributed by atoms with Crippen molar-refractivity contribution in [3.63, 3.8) is 0 Å². The maximum Gasteiger partial charge on any atom is 0.165 e. The molecule has 19 heavy (non-hydrogen) atoms. The second kappa shape index (κ2) is 4.51. The Morgan fingerprint density at radius 3 is 2.79 bits per heavy atom. The zero-order valence-corrected chi connectivity index (χ0v) is 11.0. The molecule has 0 saturated carbocycles. The summed E-state index contributed by atoms with van der Waals surface area (Å²) in [6.07, 6.45) is 0. The number of aryl methyl sites for hydroxylation is 1. The number of nitrogens with two attached hydrogens (primary N) is 1. The van der Waals surface area contributed by atoms with Gasteiger partial charge < -0.3 is 10.5 Å². The summed E-state index contributed by atoms with van der Waals surface area (Å²) in [4.78, 5) is 4.37. The molecule has 5 heteroatoms. The molecule has 96 valence electrons. The SMILES string of the molecule is Cc1nc2cc(Oc3ccccc3F)c(N)cc2s1. The fourth-order valence-corrected chi connectivity index (χ4v) is 2.68. The number of fused-ring (bicyclic) bond motifs is 1. The predicted octanol–water partition coefficient (Wildman–Crippen LogP) is 4.12. The van der Waals surface area contributed by atoms with Crippen LogP contribution in [-0.2, 0) is 0 Å². The van der Waals surface area contributed by atoms with Gasteiger partial charge in [-0.25, -0.2) is 9.37 Å². The number of ether oxygens (including phenoxy) is 1. The van der Waals surface area contributed by atoms with Crippen molar-refractivity contribution in [2.24, 2.45) is 0 Å². The van der Waals surface area contributed by atoms with Crippen molar-refractivity contribution in [1.29, 1.82) is 0 Å². The van der Waals surface area contributed by atoms with Gasteiger partial charge in [-0.1, -0.05) is 12.1 Å². The minimum atomic E-state index is -0.420. The predicted molar refractivity (Wildman–Crippen MR) is 75.2 cm³/mol. The van der Waals surface area contributed by atoms with Crippen LogP contribution < -0.4 is 10.5 Å². The maximum absolute atomic E-state index is 13.5. The van der Waals surface area contributed by atoms with Crippen molar-refractivity contribution in [2.45, 2.75) is 6.92 Å². The monoisotopic (exact) mass is 274 g/mol. The Morgan fingerprint density at radius 1 is 1.21 bits per heavy atom. The van der Waals surface area contributed by atoms with E-state index in [-0.39, 0.29) is 5.75 Å². The lowest BCUT2D eigenvalue weighted by atomic mass is 10.2. The molecular weight excluding hydrogens is 263 g/mol. The smallest absolute Gasteiger partial charge is 0.165 e. The van der Waals surface area contributed by atoms with E-state index in [0.29, 0.717) is 11.4 Å². The first kappa shape index (κ1) is 11.9. The molecule has 0 amide bonds. The van der Waals surface area contributed by atoms with Crippen LogP contribution in [0.5, 0.6) is 11.5 Å². The second-order valence-electron chi connectivity index (χ2n) is 4.12. The number of nitrogen functional groups attached to an aromatic ring is 1. The minimum absolute atomic E-state index is 0.153. The molecule has 0 aliphatic carbocycles. The number of hydrogen-bond donors (Lipinski definition) is 1. The summed E-state index contributed by atoms with van der Waals surface area (Å²) in [6, 6.07) is 9.76. The normalized spacial score (nSPS) is 10.8. The van der Waals surface area contributed by atoms with Crippen molar-refractivity contribution in [3.05, 3.63) is 47.2 Å². The molecule has 1 heterocycles. The molecule has 0 fully saturated rings. The van der Waals surface area contributed by atoms with Crippen molar-refractivity contribution in [2.75, 3.05) is 5.73 Å². The third-order valence-corrected chi connectivity index (χ3v) is 3.62. The van der Waals surface area contributed by atoms with Crippen LogP contribution in [0.15, 0.2) is 36.4 Å². The van der Waals surface area contributed by atoms with Crippen LogP contribution >= 0.6 is 11.3 Å². The van der Waals surface area contributed by atoms with Crippen LogP contribution in [0.4, 0.5) is 10.1 Å². The highest BCUT2D eigenvalue weighted by atomic mass is 32.1. The number of nitrogens with zero attached hydrogens (tertiary/aromatic N) is 1. The van der Waals surface area contributed by atoms with E-state index in [4.69, 9.17) is 10.5 Å². The van der Waals surface area contributed by atoms with Crippen LogP contribution in [-0.4, -0.2) is 4.98 Å². The fourth-order valence-electron chi connectivity index (χ4n) is 1.82. The lowest BCUT2D eigenvalue weighted by molar-refractivity contribution is 0.444. The van der Waals surface area contributed by atoms with E-state index in [1.165, 1.54) is 6.07 Å². The maximum atomic E-state index is 13.5. The summed E-state index contributed by atoms with van der Waals surface area (Å²) >= 11 is 1.56. The van der Waals surface area contributed by atoms with Gasteiger partial charge in [-0.05, 0) is 25.1 Å². The van der Waals surface area contributed by atoms with Gasteiger partial charge in [0.25, 0.3) is 0 Å². The Morgan fingerprint density at radius 2 is 2.00 bits per heavy atom. The van der Waals surface area contributed by atoms with E-state index >= 15 is 0 Å². The quantitative estimate of drug-likeness (QED) is 0.715. The van der Waals surface area contributed by atoms with E-state index < -0.39 is 5.82 Å². The number of benzene rings is 2. The van der Waals surface area contributed by atoms with Gasteiger partial charge in [0.15, 0.2) is 17.3 Å². The molecular formula is C14H11FN2OS. The molecule has 0 aliphatic rings. The van der Waals surface area contributed by atoms with Crippen LogP contribution in [0.1, 0.15) is 5.01 Å². The zero-order chi connectivity index (χ0) is 13.4. The summed E-state index contributed by atoms with van der Waals surface area (Å²) in [5.74, 6) is 0.153. The summed E-state index contributed by atoms with van der Waals surface area (Å²) in [5.41, 5.74) is 7.21. The van der Waals surface area contributed by atoms with E-state index in [1.54, 1.807) is 41.7 Å². The van der Waals surface area contributed by atoms with E-state index in [1.807, 2.05) is 6.92 Å². The van der Waals surface area contributed by atoms with Gasteiger partial charge in [-0.2, -0.15) is 0 Å². The van der Waals surface area contributed by atoms with Crippen LogP contribution in [0.3, 0.4) is 0 Å². The molecule has 0 bridgehead atoms. The van der Waals surface area contributed by atoms with Gasteiger partial charge in [-0.15, -0.1) is 11.3 Å². The molecule has 0 radical (unpaired) electrons. The number of rotatable bonds is 2. The Hall–Kier alpha value is -2.14. The van der Waals surface area contributed by atoms with Crippen LogP contribution in [0, 0.1) is 12.7 Å². The highest BCUT2D eigenvalue weighted by molar-refractivity contribution is 7.18. The molecule has 3 rings (SSSR count). The number of para-hydroxylation sites is 1. The molecule has 0 unspecified atom stereocenters. The van der Waals surface area contributed by atoms with Gasteiger partial charge >= 0.3 is 0 Å². The third-order valence-electron chi connectivity index (χ3n) is 2.68. The van der Waals surface area contributed by atoms with Crippen molar-refractivity contribution >= 4 is 27.2 Å². The zero-order valence-electron chi connectivity index (χ0n) is 10.2. The first-order chi connectivity index (χ1) is 9.13. The molecule has 0 atom stereocenters. The van der Waals surface area contributed by atoms with Gasteiger partial charge in [0.1, 0.15) is 0 Å². The molecule has 2 aromatic carbocycles. The molecule has 0 aliphatic heterocycles. The average molecular weight is 274 g/mol. The molecule has 0 saturated heterocycles. The molecule has 3 aromatic rings. The number of aromatic nitrogens is 1. The summed E-state index contributed by atoms with van der Waals surface area (Å²) in [6.45, 7) is 1.93. The van der Waals surface area contributed by atoms with E-state index in [2.05, 4.69) is 4.98 Å². The topological polar surface area (TPSA) is 48.1 Å². The fraction of sp³-hybridized carbons (Fsp3) is 0.0714. The number of thiazole rings is 1. The van der Waals surface area contributed by atoms with Crippen molar-refractivity contribution < 1.29 is 9.13 Å². The molecule has 2 N–H and O–H groups in total. The average Bonchev–Trinajstić information content (AvgIpc) is 2.71. The lowest BCUT2D eigenvalue weighted by Gasteiger charge is -2.08. The lowest BCUT2D eigenvalue weighted by Crippen LogP contribution is -1.93. The molecule has 0 spiro atoms. The van der Waals surface area contributed by atoms with Gasteiger partial charge in [0.05, 0.1) is 20.9 Å². The number of halogens is 1. The summed E-state index contributed by atoms with van der Waals surface area (Å²) in [7, 11) is 0. The number of anilines is 1. The van der Waals surface area contributed by atoms with Crippen LogP contribution in [0.2, 0.25) is 0 Å².